The first kappa shape index (κ1) is 14.9. The minimum atomic E-state index is -0.318. The van der Waals surface area contributed by atoms with Crippen molar-refractivity contribution in [2.45, 2.75) is 33.4 Å². The first-order chi connectivity index (χ1) is 9.69. The van der Waals surface area contributed by atoms with Crippen molar-refractivity contribution in [2.24, 2.45) is 0 Å². The molecule has 0 aliphatic rings. The molecule has 0 radical (unpaired) electrons. The van der Waals surface area contributed by atoms with Crippen molar-refractivity contribution in [3.05, 3.63) is 45.7 Å². The summed E-state index contributed by atoms with van der Waals surface area (Å²) in [6.45, 7) is 6.01. The number of benzene rings is 1. The molecule has 20 heavy (non-hydrogen) atoms. The summed E-state index contributed by atoms with van der Waals surface area (Å²) in [5, 5.41) is 4.23. The highest BCUT2D eigenvalue weighted by Gasteiger charge is 2.06. The smallest absolute Gasteiger partial charge is 0.165 e. The molecule has 1 aromatic carbocycles. The van der Waals surface area contributed by atoms with E-state index >= 15 is 0 Å². The van der Waals surface area contributed by atoms with Crippen LogP contribution in [0.1, 0.15) is 28.8 Å². The van der Waals surface area contributed by atoms with E-state index in [0.717, 1.165) is 28.4 Å². The van der Waals surface area contributed by atoms with E-state index in [-0.39, 0.29) is 11.6 Å². The number of thiazole rings is 1. The van der Waals surface area contributed by atoms with Gasteiger partial charge in [0.15, 0.2) is 11.6 Å². The van der Waals surface area contributed by atoms with Gasteiger partial charge in [-0.1, -0.05) is 13.0 Å². The Morgan fingerprint density at radius 2 is 2.25 bits per heavy atom. The molecule has 0 aliphatic heterocycles. The second-order valence-electron chi connectivity index (χ2n) is 4.58. The fourth-order valence-corrected chi connectivity index (χ4v) is 2.51. The molecule has 0 amide bonds. The minimum absolute atomic E-state index is 0.287. The van der Waals surface area contributed by atoms with E-state index in [0.29, 0.717) is 13.2 Å². The molecule has 0 unspecified atom stereocenters. The van der Waals surface area contributed by atoms with Crippen molar-refractivity contribution in [3.8, 4) is 5.75 Å². The van der Waals surface area contributed by atoms with E-state index in [4.69, 9.17) is 4.74 Å². The molecule has 2 aromatic rings. The van der Waals surface area contributed by atoms with Gasteiger partial charge in [-0.3, -0.25) is 0 Å². The first-order valence-electron chi connectivity index (χ1n) is 6.72. The predicted octanol–water partition coefficient (Wildman–Crippen LogP) is 3.67. The highest BCUT2D eigenvalue weighted by atomic mass is 32.1. The zero-order valence-corrected chi connectivity index (χ0v) is 12.6. The summed E-state index contributed by atoms with van der Waals surface area (Å²) in [6, 6.07) is 5.10. The molecule has 0 fully saturated rings. The lowest BCUT2D eigenvalue weighted by Crippen LogP contribution is -2.13. The Labute approximate surface area is 122 Å². The second kappa shape index (κ2) is 7.36. The maximum absolute atomic E-state index is 13.9. The van der Waals surface area contributed by atoms with Gasteiger partial charge in [0.2, 0.25) is 0 Å². The van der Waals surface area contributed by atoms with Gasteiger partial charge in [0.05, 0.1) is 9.88 Å². The molecular weight excluding hydrogens is 275 g/mol. The van der Waals surface area contributed by atoms with Gasteiger partial charge in [0.25, 0.3) is 0 Å². The lowest BCUT2D eigenvalue weighted by Gasteiger charge is -2.08. The highest BCUT2D eigenvalue weighted by molar-refractivity contribution is 7.11. The maximum Gasteiger partial charge on any atom is 0.165 e. The Hall–Kier alpha value is -1.46. The lowest BCUT2D eigenvalue weighted by atomic mass is 10.2. The Bertz CT molecular complexity index is 557. The summed E-state index contributed by atoms with van der Waals surface area (Å²) < 4.78 is 19.4. The summed E-state index contributed by atoms with van der Waals surface area (Å²) in [5.74, 6) is -0.0302. The molecule has 5 heteroatoms. The van der Waals surface area contributed by atoms with E-state index in [2.05, 4.69) is 17.2 Å². The molecule has 1 heterocycles. The monoisotopic (exact) mass is 294 g/mol. The number of rotatable bonds is 7. The fourth-order valence-electron chi connectivity index (χ4n) is 1.80. The Balaban J connectivity index is 1.92. The second-order valence-corrected chi connectivity index (χ2v) is 5.90. The third kappa shape index (κ3) is 4.28. The van der Waals surface area contributed by atoms with Crippen LogP contribution in [-0.2, 0) is 13.2 Å². The van der Waals surface area contributed by atoms with Crippen molar-refractivity contribution in [1.82, 2.24) is 10.3 Å². The summed E-state index contributed by atoms with van der Waals surface area (Å²) >= 11 is 1.56. The number of aromatic nitrogens is 1. The standard InChI is InChI=1S/C15H19FN2OS/c1-3-6-17-8-12-4-5-15(14(16)7-12)19-10-13-9-18-11(2)20-13/h4-5,7,9,17H,3,6,8,10H2,1-2H3. The summed E-state index contributed by atoms with van der Waals surface area (Å²) in [5.41, 5.74) is 0.928. The number of halogens is 1. The van der Waals surface area contributed by atoms with Gasteiger partial charge in [-0.2, -0.15) is 0 Å². The molecule has 0 saturated heterocycles. The number of nitrogens with one attached hydrogen (secondary N) is 1. The normalized spacial score (nSPS) is 10.8. The average Bonchev–Trinajstić information content (AvgIpc) is 2.84. The molecule has 0 bridgehead atoms. The molecule has 0 saturated carbocycles. The third-order valence-electron chi connectivity index (χ3n) is 2.79. The number of hydrogen-bond acceptors (Lipinski definition) is 4. The van der Waals surface area contributed by atoms with Gasteiger partial charge >= 0.3 is 0 Å². The van der Waals surface area contributed by atoms with E-state index in [9.17, 15) is 4.39 Å². The average molecular weight is 294 g/mol. The van der Waals surface area contributed by atoms with Crippen LogP contribution in [0.15, 0.2) is 24.4 Å². The zero-order valence-electron chi connectivity index (χ0n) is 11.8. The Morgan fingerprint density at radius 1 is 1.40 bits per heavy atom. The van der Waals surface area contributed by atoms with Crippen LogP contribution in [-0.4, -0.2) is 11.5 Å². The predicted molar refractivity (Wildman–Crippen MR) is 79.6 cm³/mol. The summed E-state index contributed by atoms with van der Waals surface area (Å²) in [6.07, 6.45) is 2.83. The SMILES string of the molecule is CCCNCc1ccc(OCc2cnc(C)s2)c(F)c1. The van der Waals surface area contributed by atoms with Gasteiger partial charge in [0, 0.05) is 12.7 Å². The Morgan fingerprint density at radius 3 is 2.90 bits per heavy atom. The van der Waals surface area contributed by atoms with Crippen LogP contribution in [0.3, 0.4) is 0 Å². The molecule has 0 spiro atoms. The number of aryl methyl sites for hydroxylation is 1. The van der Waals surface area contributed by atoms with Crippen molar-refractivity contribution < 1.29 is 9.13 Å². The molecule has 108 valence electrons. The molecule has 1 N–H and O–H groups in total. The van der Waals surface area contributed by atoms with Gasteiger partial charge in [-0.15, -0.1) is 11.3 Å². The van der Waals surface area contributed by atoms with Crippen LogP contribution in [0.4, 0.5) is 4.39 Å². The lowest BCUT2D eigenvalue weighted by molar-refractivity contribution is 0.293. The highest BCUT2D eigenvalue weighted by Crippen LogP contribution is 2.21. The maximum atomic E-state index is 13.9. The molecule has 1 aromatic heterocycles. The van der Waals surface area contributed by atoms with E-state index in [1.165, 1.54) is 6.07 Å². The van der Waals surface area contributed by atoms with Crippen LogP contribution in [0.2, 0.25) is 0 Å². The number of hydrogen-bond donors (Lipinski definition) is 1. The Kier molecular flexibility index (Phi) is 5.49. The van der Waals surface area contributed by atoms with Crippen LogP contribution in [0.25, 0.3) is 0 Å². The quantitative estimate of drug-likeness (QED) is 0.791. The molecule has 2 rings (SSSR count). The van der Waals surface area contributed by atoms with Crippen LogP contribution < -0.4 is 10.1 Å². The first-order valence-corrected chi connectivity index (χ1v) is 7.54. The number of ether oxygens (including phenoxy) is 1. The molecule has 3 nitrogen and oxygen atoms in total. The van der Waals surface area contributed by atoms with Gasteiger partial charge in [-0.05, 0) is 37.6 Å². The van der Waals surface area contributed by atoms with E-state index in [1.807, 2.05) is 13.0 Å². The van der Waals surface area contributed by atoms with Crippen LogP contribution in [0, 0.1) is 12.7 Å². The summed E-state index contributed by atoms with van der Waals surface area (Å²) in [7, 11) is 0. The van der Waals surface area contributed by atoms with Gasteiger partial charge in [-0.25, -0.2) is 9.37 Å². The van der Waals surface area contributed by atoms with Crippen LogP contribution >= 0.6 is 11.3 Å². The summed E-state index contributed by atoms with van der Waals surface area (Å²) in [4.78, 5) is 5.14. The fraction of sp³-hybridized carbons (Fsp3) is 0.400. The minimum Gasteiger partial charge on any atom is -0.485 e. The van der Waals surface area contributed by atoms with E-state index < -0.39 is 0 Å². The van der Waals surface area contributed by atoms with Crippen molar-refractivity contribution >= 4 is 11.3 Å². The van der Waals surface area contributed by atoms with Crippen molar-refractivity contribution in [1.29, 1.82) is 0 Å². The van der Waals surface area contributed by atoms with Crippen molar-refractivity contribution in [2.75, 3.05) is 6.54 Å². The number of nitrogens with zero attached hydrogens (tertiary/aromatic N) is 1. The largest absolute Gasteiger partial charge is 0.485 e. The molecule has 0 atom stereocenters. The zero-order chi connectivity index (χ0) is 14.4. The van der Waals surface area contributed by atoms with Gasteiger partial charge in [0.1, 0.15) is 6.61 Å². The molecular formula is C15H19FN2OS. The van der Waals surface area contributed by atoms with Crippen LogP contribution in [0.5, 0.6) is 5.75 Å². The van der Waals surface area contributed by atoms with Gasteiger partial charge < -0.3 is 10.1 Å². The topological polar surface area (TPSA) is 34.1 Å². The molecule has 0 aliphatic carbocycles. The van der Waals surface area contributed by atoms with E-state index in [1.54, 1.807) is 23.6 Å². The van der Waals surface area contributed by atoms with Crippen molar-refractivity contribution in [3.63, 3.8) is 0 Å². The third-order valence-corrected chi connectivity index (χ3v) is 3.68.